The van der Waals surface area contributed by atoms with Crippen LogP contribution in [0.1, 0.15) is 25.0 Å². The highest BCUT2D eigenvalue weighted by Gasteiger charge is 2.06. The van der Waals surface area contributed by atoms with Gasteiger partial charge in [-0.15, -0.1) is 0 Å². The van der Waals surface area contributed by atoms with Crippen LogP contribution >= 0.6 is 11.6 Å². The molecule has 112 valence electrons. The van der Waals surface area contributed by atoms with Crippen LogP contribution in [-0.4, -0.2) is 6.04 Å². The van der Waals surface area contributed by atoms with Gasteiger partial charge in [-0.1, -0.05) is 31.5 Å². The Morgan fingerprint density at radius 3 is 2.43 bits per heavy atom. The summed E-state index contributed by atoms with van der Waals surface area (Å²) < 4.78 is 18.9. The van der Waals surface area contributed by atoms with Gasteiger partial charge in [-0.2, -0.15) is 0 Å². The van der Waals surface area contributed by atoms with E-state index in [1.807, 2.05) is 12.1 Å². The highest BCUT2D eigenvalue weighted by Crippen LogP contribution is 2.27. The molecule has 0 fully saturated rings. The maximum absolute atomic E-state index is 13.2. The molecule has 0 bridgehead atoms. The van der Waals surface area contributed by atoms with Crippen molar-refractivity contribution in [2.45, 2.75) is 33.4 Å². The molecule has 21 heavy (non-hydrogen) atoms. The van der Waals surface area contributed by atoms with Crippen LogP contribution in [0.4, 0.5) is 4.39 Å². The molecule has 0 spiro atoms. The van der Waals surface area contributed by atoms with Crippen LogP contribution in [0.3, 0.4) is 0 Å². The van der Waals surface area contributed by atoms with Crippen molar-refractivity contribution in [3.8, 4) is 11.5 Å². The van der Waals surface area contributed by atoms with E-state index in [1.54, 1.807) is 25.1 Å². The minimum Gasteiger partial charge on any atom is -0.457 e. The van der Waals surface area contributed by atoms with Gasteiger partial charge in [0.15, 0.2) is 0 Å². The van der Waals surface area contributed by atoms with E-state index in [1.165, 1.54) is 6.07 Å². The first-order chi connectivity index (χ1) is 9.95. The van der Waals surface area contributed by atoms with Gasteiger partial charge in [0.2, 0.25) is 0 Å². The molecule has 0 amide bonds. The van der Waals surface area contributed by atoms with Crippen molar-refractivity contribution in [3.05, 3.63) is 58.4 Å². The van der Waals surface area contributed by atoms with Crippen molar-refractivity contribution >= 4 is 11.6 Å². The summed E-state index contributed by atoms with van der Waals surface area (Å²) >= 11 is 6.26. The first-order valence-electron chi connectivity index (χ1n) is 6.91. The average Bonchev–Trinajstić information content (AvgIpc) is 2.42. The van der Waals surface area contributed by atoms with Gasteiger partial charge in [0.05, 0.1) is 0 Å². The molecule has 2 rings (SSSR count). The summed E-state index contributed by atoms with van der Waals surface area (Å²) in [5.41, 5.74) is 1.57. The lowest BCUT2D eigenvalue weighted by Gasteiger charge is -2.12. The van der Waals surface area contributed by atoms with Gasteiger partial charge in [-0.25, -0.2) is 4.39 Å². The van der Waals surface area contributed by atoms with E-state index in [4.69, 9.17) is 16.3 Å². The molecule has 4 heteroatoms. The Kier molecular flexibility index (Phi) is 5.21. The molecular weight excluding hydrogens is 289 g/mol. The summed E-state index contributed by atoms with van der Waals surface area (Å²) in [6, 6.07) is 10.6. The summed E-state index contributed by atoms with van der Waals surface area (Å²) in [6.45, 7) is 6.59. The molecule has 0 radical (unpaired) electrons. The van der Waals surface area contributed by atoms with Gasteiger partial charge in [-0.05, 0) is 48.4 Å². The van der Waals surface area contributed by atoms with Crippen molar-refractivity contribution in [3.63, 3.8) is 0 Å². The number of nitrogens with one attached hydrogen (secondary N) is 1. The largest absolute Gasteiger partial charge is 0.457 e. The van der Waals surface area contributed by atoms with Crippen molar-refractivity contribution in [1.29, 1.82) is 0 Å². The van der Waals surface area contributed by atoms with E-state index in [2.05, 4.69) is 19.2 Å². The Morgan fingerprint density at radius 2 is 1.81 bits per heavy atom. The summed E-state index contributed by atoms with van der Waals surface area (Å²) in [7, 11) is 0. The lowest BCUT2D eigenvalue weighted by Crippen LogP contribution is -2.21. The molecule has 0 aliphatic heterocycles. The lowest BCUT2D eigenvalue weighted by atomic mass is 10.2. The summed E-state index contributed by atoms with van der Waals surface area (Å²) in [4.78, 5) is 0. The van der Waals surface area contributed by atoms with E-state index in [0.29, 0.717) is 34.7 Å². The molecule has 0 saturated heterocycles. The average molecular weight is 308 g/mol. The predicted octanol–water partition coefficient (Wildman–Crippen LogP) is 5.08. The highest BCUT2D eigenvalue weighted by atomic mass is 35.5. The Hall–Kier alpha value is -1.58. The van der Waals surface area contributed by atoms with E-state index >= 15 is 0 Å². The number of hydrogen-bond donors (Lipinski definition) is 1. The second kappa shape index (κ2) is 6.92. The fraction of sp³-hybridized carbons (Fsp3) is 0.294. The van der Waals surface area contributed by atoms with E-state index in [0.717, 1.165) is 5.56 Å². The molecular formula is C17H19ClFNO. The zero-order valence-corrected chi connectivity index (χ0v) is 13.2. The number of aryl methyl sites for hydroxylation is 1. The van der Waals surface area contributed by atoms with Crippen LogP contribution in [0.5, 0.6) is 11.5 Å². The number of ether oxygens (including phenoxy) is 1. The zero-order valence-electron chi connectivity index (χ0n) is 12.4. The van der Waals surface area contributed by atoms with Gasteiger partial charge in [0, 0.05) is 17.6 Å². The molecule has 0 aliphatic carbocycles. The Bertz CT molecular complexity index is 628. The molecule has 0 saturated carbocycles. The molecule has 0 aliphatic rings. The molecule has 0 atom stereocenters. The predicted molar refractivity (Wildman–Crippen MR) is 84.6 cm³/mol. The van der Waals surface area contributed by atoms with Crippen LogP contribution in [0.25, 0.3) is 0 Å². The molecule has 2 aromatic rings. The summed E-state index contributed by atoms with van der Waals surface area (Å²) in [6.07, 6.45) is 0. The van der Waals surface area contributed by atoms with Gasteiger partial charge < -0.3 is 10.1 Å². The number of benzene rings is 2. The van der Waals surface area contributed by atoms with Crippen LogP contribution < -0.4 is 10.1 Å². The number of rotatable bonds is 5. The maximum Gasteiger partial charge on any atom is 0.128 e. The molecule has 1 N–H and O–H groups in total. The van der Waals surface area contributed by atoms with Crippen LogP contribution in [-0.2, 0) is 6.54 Å². The quantitative estimate of drug-likeness (QED) is 0.832. The highest BCUT2D eigenvalue weighted by molar-refractivity contribution is 6.31. The molecule has 0 aromatic heterocycles. The maximum atomic E-state index is 13.2. The Morgan fingerprint density at radius 1 is 1.14 bits per heavy atom. The van der Waals surface area contributed by atoms with E-state index in [-0.39, 0.29) is 5.82 Å². The fourth-order valence-electron chi connectivity index (χ4n) is 1.87. The van der Waals surface area contributed by atoms with Crippen LogP contribution in [0, 0.1) is 12.7 Å². The summed E-state index contributed by atoms with van der Waals surface area (Å²) in [5, 5.41) is 3.97. The standard InChI is InChI=1S/C17H19ClFNO/c1-11(2)20-10-13-4-5-15(9-16(13)18)21-14-6-7-17(19)12(3)8-14/h4-9,11,20H,10H2,1-3H3. The smallest absolute Gasteiger partial charge is 0.128 e. The molecule has 0 heterocycles. The molecule has 2 aromatic carbocycles. The first-order valence-corrected chi connectivity index (χ1v) is 7.29. The van der Waals surface area contributed by atoms with Gasteiger partial charge in [-0.3, -0.25) is 0 Å². The van der Waals surface area contributed by atoms with Crippen molar-refractivity contribution in [2.75, 3.05) is 0 Å². The number of halogens is 2. The topological polar surface area (TPSA) is 21.3 Å². The Balaban J connectivity index is 2.10. The minimum absolute atomic E-state index is 0.240. The van der Waals surface area contributed by atoms with E-state index in [9.17, 15) is 4.39 Å². The number of hydrogen-bond acceptors (Lipinski definition) is 2. The van der Waals surface area contributed by atoms with E-state index < -0.39 is 0 Å². The second-order valence-corrected chi connectivity index (χ2v) is 5.71. The normalized spacial score (nSPS) is 11.0. The van der Waals surface area contributed by atoms with Crippen LogP contribution in [0.15, 0.2) is 36.4 Å². The van der Waals surface area contributed by atoms with Crippen molar-refractivity contribution in [2.24, 2.45) is 0 Å². The lowest BCUT2D eigenvalue weighted by molar-refractivity contribution is 0.479. The third kappa shape index (κ3) is 4.45. The third-order valence-corrected chi connectivity index (χ3v) is 3.44. The molecule has 2 nitrogen and oxygen atoms in total. The second-order valence-electron chi connectivity index (χ2n) is 5.30. The summed E-state index contributed by atoms with van der Waals surface area (Å²) in [5.74, 6) is 0.993. The minimum atomic E-state index is -0.240. The monoisotopic (exact) mass is 307 g/mol. The van der Waals surface area contributed by atoms with Crippen molar-refractivity contribution in [1.82, 2.24) is 5.32 Å². The van der Waals surface area contributed by atoms with Crippen LogP contribution in [0.2, 0.25) is 5.02 Å². The van der Waals surface area contributed by atoms with Gasteiger partial charge in [0.1, 0.15) is 17.3 Å². The first kappa shape index (κ1) is 15.8. The van der Waals surface area contributed by atoms with Gasteiger partial charge in [0.25, 0.3) is 0 Å². The zero-order chi connectivity index (χ0) is 15.4. The third-order valence-electron chi connectivity index (χ3n) is 3.09. The van der Waals surface area contributed by atoms with Crippen molar-refractivity contribution < 1.29 is 9.13 Å². The fourth-order valence-corrected chi connectivity index (χ4v) is 2.10. The van der Waals surface area contributed by atoms with Gasteiger partial charge >= 0.3 is 0 Å². The molecule has 0 unspecified atom stereocenters. The Labute approximate surface area is 129 Å². The SMILES string of the molecule is Cc1cc(Oc2ccc(CNC(C)C)c(Cl)c2)ccc1F.